The molecule has 5 atom stereocenters. The van der Waals surface area contributed by atoms with Crippen molar-refractivity contribution in [3.8, 4) is 0 Å². The zero-order chi connectivity index (χ0) is 30.7. The molecule has 0 saturated carbocycles. The number of aromatic amines is 1. The number of guanidine groups is 1. The van der Waals surface area contributed by atoms with Crippen molar-refractivity contribution >= 4 is 46.5 Å². The number of fused-ring (bicyclic) bond motifs is 1. The van der Waals surface area contributed by atoms with Gasteiger partial charge in [-0.3, -0.25) is 24.2 Å². The van der Waals surface area contributed by atoms with Crippen LogP contribution in [-0.4, -0.2) is 87.6 Å². The molecule has 4 amide bonds. The molecule has 1 aromatic carbocycles. The molecule has 14 N–H and O–H groups in total. The summed E-state index contributed by atoms with van der Waals surface area (Å²) in [6, 6.07) is 1.63. The van der Waals surface area contributed by atoms with Gasteiger partial charge >= 0.3 is 5.97 Å². The number of carboxylic acid groups (broad SMARTS) is 1. The van der Waals surface area contributed by atoms with E-state index in [-0.39, 0.29) is 31.8 Å². The van der Waals surface area contributed by atoms with Crippen molar-refractivity contribution in [2.75, 3.05) is 6.54 Å². The predicted octanol–water partition coefficient (Wildman–Crippen LogP) is -3.11. The zero-order valence-electron chi connectivity index (χ0n) is 22.5. The van der Waals surface area contributed by atoms with Crippen LogP contribution in [0.5, 0.6) is 0 Å². The first-order valence-electron chi connectivity index (χ1n) is 12.8. The molecule has 5 unspecified atom stereocenters. The molecule has 224 valence electrons. The Labute approximate surface area is 235 Å². The van der Waals surface area contributed by atoms with Gasteiger partial charge in [-0.2, -0.15) is 0 Å². The van der Waals surface area contributed by atoms with Crippen LogP contribution >= 0.6 is 0 Å². The first kappa shape index (κ1) is 32.5. The SMILES string of the molecule is CC(O)C(N)C(=O)NC(Cc1c[nH]c2ccccc12)C(=O)NC(CC(N)=O)C(=O)NC(CCCN=C(N)N)C(=O)O. The lowest BCUT2D eigenvalue weighted by Crippen LogP contribution is -2.59. The highest BCUT2D eigenvalue weighted by molar-refractivity contribution is 5.96. The van der Waals surface area contributed by atoms with Crippen LogP contribution in [0.1, 0.15) is 31.7 Å². The quantitative estimate of drug-likeness (QED) is 0.0545. The standard InChI is InChI=1S/C25H37N9O7/c1-12(35)20(27)23(39)34-17(9-13-11-31-15-6-3-2-5-14(13)15)21(37)33-18(10-19(26)36)22(38)32-16(24(40)41)7-4-8-30-25(28)29/h2-3,5-6,11-12,16-18,20,31,35H,4,7-10,27H2,1H3,(H2,26,36)(H,32,38)(H,33,37)(H,34,39)(H,40,41)(H4,28,29,30). The molecule has 0 aliphatic heterocycles. The highest BCUT2D eigenvalue weighted by Crippen LogP contribution is 2.19. The van der Waals surface area contributed by atoms with E-state index in [2.05, 4.69) is 25.9 Å². The van der Waals surface area contributed by atoms with Crippen molar-refractivity contribution in [3.05, 3.63) is 36.0 Å². The molecular weight excluding hydrogens is 538 g/mol. The van der Waals surface area contributed by atoms with Crippen LogP contribution in [0.3, 0.4) is 0 Å². The van der Waals surface area contributed by atoms with Crippen molar-refractivity contribution in [3.63, 3.8) is 0 Å². The van der Waals surface area contributed by atoms with Crippen LogP contribution in [0.15, 0.2) is 35.5 Å². The number of nitrogens with zero attached hydrogens (tertiary/aromatic N) is 1. The maximum absolute atomic E-state index is 13.4. The number of amides is 4. The number of hydrogen-bond acceptors (Lipinski definition) is 8. The summed E-state index contributed by atoms with van der Waals surface area (Å²) in [5, 5.41) is 27.2. The first-order chi connectivity index (χ1) is 19.3. The Morgan fingerprint density at radius 2 is 1.56 bits per heavy atom. The summed E-state index contributed by atoms with van der Waals surface area (Å²) in [6.07, 6.45) is -0.116. The van der Waals surface area contributed by atoms with Gasteiger partial charge in [0.2, 0.25) is 23.6 Å². The Bertz CT molecular complexity index is 1270. The molecule has 0 fully saturated rings. The van der Waals surface area contributed by atoms with Crippen LogP contribution < -0.4 is 38.9 Å². The molecule has 2 rings (SSSR count). The highest BCUT2D eigenvalue weighted by Gasteiger charge is 2.32. The van der Waals surface area contributed by atoms with Crippen LogP contribution in [0.25, 0.3) is 10.9 Å². The van der Waals surface area contributed by atoms with Gasteiger partial charge in [-0.1, -0.05) is 18.2 Å². The molecular formula is C25H37N9O7. The number of benzene rings is 1. The number of H-pyrrole nitrogens is 1. The molecule has 41 heavy (non-hydrogen) atoms. The topological polar surface area (TPSA) is 294 Å². The summed E-state index contributed by atoms with van der Waals surface area (Å²) in [6.45, 7) is 1.43. The maximum atomic E-state index is 13.4. The van der Waals surface area contributed by atoms with Crippen molar-refractivity contribution in [1.82, 2.24) is 20.9 Å². The fourth-order valence-electron chi connectivity index (χ4n) is 3.93. The Morgan fingerprint density at radius 3 is 2.17 bits per heavy atom. The number of carbonyl (C=O) groups is 5. The lowest BCUT2D eigenvalue weighted by atomic mass is 10.0. The van der Waals surface area contributed by atoms with E-state index in [9.17, 15) is 34.2 Å². The number of carboxylic acids is 1. The molecule has 0 aliphatic rings. The highest BCUT2D eigenvalue weighted by atomic mass is 16.4. The molecule has 16 nitrogen and oxygen atoms in total. The van der Waals surface area contributed by atoms with Crippen molar-refractivity contribution in [2.45, 2.75) is 62.9 Å². The Morgan fingerprint density at radius 1 is 0.951 bits per heavy atom. The summed E-state index contributed by atoms with van der Waals surface area (Å²) < 4.78 is 0. The molecule has 1 aromatic heterocycles. The van der Waals surface area contributed by atoms with Gasteiger partial charge in [-0.05, 0) is 31.4 Å². The molecule has 0 radical (unpaired) electrons. The number of carbonyl (C=O) groups excluding carboxylic acids is 4. The van der Waals surface area contributed by atoms with Crippen molar-refractivity contribution in [1.29, 1.82) is 0 Å². The minimum atomic E-state index is -1.56. The third-order valence-corrected chi connectivity index (χ3v) is 6.15. The predicted molar refractivity (Wildman–Crippen MR) is 149 cm³/mol. The summed E-state index contributed by atoms with van der Waals surface area (Å²) in [4.78, 5) is 69.3. The molecule has 0 saturated heterocycles. The van der Waals surface area contributed by atoms with Gasteiger partial charge in [0.15, 0.2) is 5.96 Å². The summed E-state index contributed by atoms with van der Waals surface area (Å²) in [7, 11) is 0. The number of primary amides is 1. The van der Waals surface area contributed by atoms with Gasteiger partial charge < -0.3 is 54.1 Å². The second-order valence-electron chi connectivity index (χ2n) is 9.47. The number of nitrogens with two attached hydrogens (primary N) is 4. The van der Waals surface area contributed by atoms with E-state index in [1.165, 1.54) is 6.92 Å². The molecule has 0 spiro atoms. The van der Waals surface area contributed by atoms with Crippen molar-refractivity contribution in [2.24, 2.45) is 27.9 Å². The largest absolute Gasteiger partial charge is 0.480 e. The van der Waals surface area contributed by atoms with Gasteiger partial charge in [0.05, 0.1) is 12.5 Å². The van der Waals surface area contributed by atoms with E-state index >= 15 is 0 Å². The first-order valence-corrected chi connectivity index (χ1v) is 12.8. The van der Waals surface area contributed by atoms with Crippen LogP contribution in [0.4, 0.5) is 0 Å². The average molecular weight is 576 g/mol. The van der Waals surface area contributed by atoms with Crippen molar-refractivity contribution < 1.29 is 34.2 Å². The molecule has 2 aromatic rings. The van der Waals surface area contributed by atoms with Gasteiger partial charge in [0, 0.05) is 30.1 Å². The average Bonchev–Trinajstić information content (AvgIpc) is 3.31. The number of nitrogens with one attached hydrogen (secondary N) is 4. The second kappa shape index (κ2) is 15.2. The van der Waals surface area contributed by atoms with Gasteiger partial charge in [-0.15, -0.1) is 0 Å². The number of rotatable bonds is 16. The molecule has 16 heteroatoms. The third-order valence-electron chi connectivity index (χ3n) is 6.15. The fraction of sp³-hybridized carbons (Fsp3) is 0.440. The maximum Gasteiger partial charge on any atom is 0.326 e. The molecule has 1 heterocycles. The van der Waals surface area contributed by atoms with Crippen LogP contribution in [0.2, 0.25) is 0 Å². The normalized spacial score (nSPS) is 14.6. The number of para-hydroxylation sites is 1. The third kappa shape index (κ3) is 10.1. The minimum absolute atomic E-state index is 0.0500. The lowest BCUT2D eigenvalue weighted by Gasteiger charge is -2.25. The minimum Gasteiger partial charge on any atom is -0.480 e. The monoisotopic (exact) mass is 575 g/mol. The summed E-state index contributed by atoms with van der Waals surface area (Å²) in [5.41, 5.74) is 22.9. The molecule has 0 bridgehead atoms. The molecule has 0 aliphatic carbocycles. The summed E-state index contributed by atoms with van der Waals surface area (Å²) >= 11 is 0. The summed E-state index contributed by atoms with van der Waals surface area (Å²) in [5.74, 6) is -5.16. The van der Waals surface area contributed by atoms with E-state index in [1.807, 2.05) is 18.2 Å². The number of aliphatic hydroxyl groups excluding tert-OH is 1. The van der Waals surface area contributed by atoms with E-state index in [0.717, 1.165) is 10.9 Å². The Hall–Kier alpha value is -4.70. The van der Waals surface area contributed by atoms with Crippen LogP contribution in [0, 0.1) is 0 Å². The Kier molecular flexibility index (Phi) is 12.0. The lowest BCUT2D eigenvalue weighted by molar-refractivity contribution is -0.142. The van der Waals surface area contributed by atoms with E-state index in [4.69, 9.17) is 22.9 Å². The number of aliphatic hydroxyl groups is 1. The number of aliphatic imine (C=N–C) groups is 1. The van der Waals surface area contributed by atoms with Gasteiger partial charge in [0.25, 0.3) is 0 Å². The van der Waals surface area contributed by atoms with E-state index < -0.39 is 66.3 Å². The van der Waals surface area contributed by atoms with Crippen LogP contribution in [-0.2, 0) is 30.4 Å². The number of aliphatic carboxylic acids is 1. The number of hydrogen-bond donors (Lipinski definition) is 10. The Balaban J connectivity index is 2.26. The smallest absolute Gasteiger partial charge is 0.326 e. The number of aromatic nitrogens is 1. The zero-order valence-corrected chi connectivity index (χ0v) is 22.5. The van der Waals surface area contributed by atoms with Gasteiger partial charge in [0.1, 0.15) is 24.2 Å². The fourth-order valence-corrected chi connectivity index (χ4v) is 3.93. The van der Waals surface area contributed by atoms with E-state index in [0.29, 0.717) is 5.56 Å². The van der Waals surface area contributed by atoms with E-state index in [1.54, 1.807) is 12.3 Å². The second-order valence-corrected chi connectivity index (χ2v) is 9.47. The van der Waals surface area contributed by atoms with Gasteiger partial charge in [-0.25, -0.2) is 4.79 Å².